The third kappa shape index (κ3) is 4.09. The van der Waals surface area contributed by atoms with Gasteiger partial charge in [-0.1, -0.05) is 41.9 Å². The lowest BCUT2D eigenvalue weighted by Crippen LogP contribution is -2.29. The fourth-order valence-electron chi connectivity index (χ4n) is 3.00. The molecule has 0 radical (unpaired) electrons. The van der Waals surface area contributed by atoms with Gasteiger partial charge in [-0.2, -0.15) is 0 Å². The largest absolute Gasteiger partial charge is 0.476 e. The number of halogens is 1. The van der Waals surface area contributed by atoms with Crippen LogP contribution in [-0.2, 0) is 11.3 Å². The van der Waals surface area contributed by atoms with Gasteiger partial charge in [0.15, 0.2) is 12.4 Å². The molecule has 0 fully saturated rings. The maximum absolute atomic E-state index is 13.2. The highest BCUT2D eigenvalue weighted by atomic mass is 35.5. The maximum atomic E-state index is 13.2. The van der Waals surface area contributed by atoms with E-state index in [0.717, 1.165) is 5.56 Å². The van der Waals surface area contributed by atoms with Crippen LogP contribution in [0.5, 0.6) is 5.75 Å². The number of furan rings is 1. The van der Waals surface area contributed by atoms with Gasteiger partial charge >= 0.3 is 0 Å². The average molecular weight is 424 g/mol. The Labute approximate surface area is 177 Å². The first-order chi connectivity index (χ1) is 14.5. The van der Waals surface area contributed by atoms with E-state index < -0.39 is 11.3 Å². The fourth-order valence-corrected chi connectivity index (χ4v) is 3.16. The second kappa shape index (κ2) is 8.47. The molecule has 0 unspecified atom stereocenters. The topological polar surface area (TPSA) is 81.7 Å². The van der Waals surface area contributed by atoms with Crippen LogP contribution in [0.1, 0.15) is 11.3 Å². The van der Waals surface area contributed by atoms with Crippen molar-refractivity contribution in [2.75, 3.05) is 6.61 Å². The number of nitrogens with one attached hydrogen (secondary N) is 1. The molecule has 0 aliphatic heterocycles. The van der Waals surface area contributed by atoms with Crippen LogP contribution in [0.4, 0.5) is 0 Å². The van der Waals surface area contributed by atoms with Crippen LogP contribution in [0.3, 0.4) is 0 Å². The molecular weight excluding hydrogens is 406 g/mol. The van der Waals surface area contributed by atoms with Gasteiger partial charge in [0.1, 0.15) is 11.3 Å². The zero-order valence-corrected chi connectivity index (χ0v) is 16.9. The van der Waals surface area contributed by atoms with Gasteiger partial charge in [0, 0.05) is 10.6 Å². The van der Waals surface area contributed by atoms with E-state index in [1.807, 2.05) is 25.1 Å². The Balaban J connectivity index is 1.68. The summed E-state index contributed by atoms with van der Waals surface area (Å²) in [5, 5.41) is 3.41. The molecule has 1 amide bonds. The van der Waals surface area contributed by atoms with Gasteiger partial charge in [0.25, 0.3) is 5.91 Å². The smallest absolute Gasteiger partial charge is 0.258 e. The zero-order chi connectivity index (χ0) is 21.1. The predicted octanol–water partition coefficient (Wildman–Crippen LogP) is 4.71. The van der Waals surface area contributed by atoms with Gasteiger partial charge in [-0.05, 0) is 36.8 Å². The van der Waals surface area contributed by atoms with E-state index in [9.17, 15) is 9.59 Å². The molecule has 0 bridgehead atoms. The Bertz CT molecular complexity index is 1250. The van der Waals surface area contributed by atoms with Crippen molar-refractivity contribution in [2.45, 2.75) is 13.5 Å². The van der Waals surface area contributed by atoms with Crippen molar-refractivity contribution < 1.29 is 18.4 Å². The van der Waals surface area contributed by atoms with Crippen LogP contribution in [0.15, 0.2) is 74.5 Å². The molecule has 2 heterocycles. The minimum Gasteiger partial charge on any atom is -0.476 e. The normalized spacial score (nSPS) is 10.9. The number of ether oxygens (including phenoxy) is 1. The number of carbonyl (C=O) groups is 1. The molecule has 4 rings (SSSR count). The zero-order valence-electron chi connectivity index (χ0n) is 16.1. The van der Waals surface area contributed by atoms with Crippen molar-refractivity contribution in [1.29, 1.82) is 0 Å². The highest BCUT2D eigenvalue weighted by molar-refractivity contribution is 6.32. The third-order valence-electron chi connectivity index (χ3n) is 4.55. The fraction of sp³-hybridized carbons (Fsp3) is 0.130. The van der Waals surface area contributed by atoms with Crippen LogP contribution in [0, 0.1) is 6.92 Å². The Morgan fingerprint density at radius 3 is 2.67 bits per heavy atom. The number of benzene rings is 2. The number of aryl methyl sites for hydroxylation is 1. The second-order valence-electron chi connectivity index (χ2n) is 6.70. The van der Waals surface area contributed by atoms with Crippen LogP contribution < -0.4 is 15.5 Å². The summed E-state index contributed by atoms with van der Waals surface area (Å²) >= 11 is 6.19. The van der Waals surface area contributed by atoms with Crippen LogP contribution in [0.25, 0.3) is 22.3 Å². The number of amides is 1. The Morgan fingerprint density at radius 2 is 1.93 bits per heavy atom. The van der Waals surface area contributed by atoms with Gasteiger partial charge in [0.05, 0.1) is 18.2 Å². The van der Waals surface area contributed by atoms with Gasteiger partial charge in [-0.3, -0.25) is 9.59 Å². The standard InChI is InChI=1S/C23H18ClNO5/c1-14-10-19-17(11-18(14)24)21(27)23(22(30-19)15-6-3-2-4-7-15)29-13-20(26)25-12-16-8-5-9-28-16/h2-11H,12-13H2,1H3,(H,25,26). The SMILES string of the molecule is Cc1cc2oc(-c3ccccc3)c(OCC(=O)NCc3ccco3)c(=O)c2cc1Cl. The third-order valence-corrected chi connectivity index (χ3v) is 4.96. The van der Waals surface area contributed by atoms with Gasteiger partial charge in [-0.15, -0.1) is 0 Å². The molecule has 1 N–H and O–H groups in total. The van der Waals surface area contributed by atoms with E-state index in [0.29, 0.717) is 21.9 Å². The number of hydrogen-bond acceptors (Lipinski definition) is 5. The number of rotatable bonds is 6. The van der Waals surface area contributed by atoms with E-state index in [-0.39, 0.29) is 30.0 Å². The van der Waals surface area contributed by atoms with Gasteiger partial charge in [0.2, 0.25) is 11.2 Å². The van der Waals surface area contributed by atoms with Crippen molar-refractivity contribution in [3.05, 3.63) is 87.4 Å². The summed E-state index contributed by atoms with van der Waals surface area (Å²) in [7, 11) is 0. The Kier molecular flexibility index (Phi) is 5.59. The molecule has 0 spiro atoms. The summed E-state index contributed by atoms with van der Waals surface area (Å²) < 4.78 is 16.8. The van der Waals surface area contributed by atoms with Crippen LogP contribution in [-0.4, -0.2) is 12.5 Å². The van der Waals surface area contributed by atoms with E-state index in [1.165, 1.54) is 6.26 Å². The molecule has 30 heavy (non-hydrogen) atoms. The highest BCUT2D eigenvalue weighted by Crippen LogP contribution is 2.32. The maximum Gasteiger partial charge on any atom is 0.258 e. The minimum atomic E-state index is -0.396. The van der Waals surface area contributed by atoms with Crippen LogP contribution >= 0.6 is 11.6 Å². The molecular formula is C23H18ClNO5. The molecule has 7 heteroatoms. The lowest BCUT2D eigenvalue weighted by molar-refractivity contribution is -0.123. The van der Waals surface area contributed by atoms with E-state index in [1.54, 1.807) is 36.4 Å². The summed E-state index contributed by atoms with van der Waals surface area (Å²) in [6.07, 6.45) is 1.53. The Morgan fingerprint density at radius 1 is 1.13 bits per heavy atom. The molecule has 0 saturated heterocycles. The number of carbonyl (C=O) groups excluding carboxylic acids is 1. The lowest BCUT2D eigenvalue weighted by Gasteiger charge is -2.12. The first kappa shape index (κ1) is 19.8. The lowest BCUT2D eigenvalue weighted by atomic mass is 10.1. The first-order valence-corrected chi connectivity index (χ1v) is 9.65. The van der Waals surface area contributed by atoms with Crippen molar-refractivity contribution in [2.24, 2.45) is 0 Å². The summed E-state index contributed by atoms with van der Waals surface area (Å²) in [4.78, 5) is 25.4. The van der Waals surface area contributed by atoms with Crippen molar-refractivity contribution in [3.63, 3.8) is 0 Å². The first-order valence-electron chi connectivity index (χ1n) is 9.27. The van der Waals surface area contributed by atoms with Gasteiger partial charge in [-0.25, -0.2) is 0 Å². The molecule has 0 aliphatic rings. The molecule has 0 atom stereocenters. The molecule has 2 aromatic carbocycles. The molecule has 0 saturated carbocycles. The predicted molar refractivity (Wildman–Crippen MR) is 114 cm³/mol. The number of hydrogen-bond donors (Lipinski definition) is 1. The monoisotopic (exact) mass is 423 g/mol. The molecule has 0 aliphatic carbocycles. The average Bonchev–Trinajstić information content (AvgIpc) is 3.27. The summed E-state index contributed by atoms with van der Waals surface area (Å²) in [6.45, 7) is 1.70. The van der Waals surface area contributed by atoms with Gasteiger partial charge < -0.3 is 18.9 Å². The molecule has 152 valence electrons. The van der Waals surface area contributed by atoms with Crippen molar-refractivity contribution in [1.82, 2.24) is 5.32 Å². The summed E-state index contributed by atoms with van der Waals surface area (Å²) in [5.41, 5.74) is 1.46. The number of fused-ring (bicyclic) bond motifs is 1. The molecule has 4 aromatic rings. The Hall–Kier alpha value is -3.51. The van der Waals surface area contributed by atoms with Crippen molar-refractivity contribution in [3.8, 4) is 17.1 Å². The van der Waals surface area contributed by atoms with Crippen molar-refractivity contribution >= 4 is 28.5 Å². The summed E-state index contributed by atoms with van der Waals surface area (Å²) in [5.74, 6) is 0.436. The minimum absolute atomic E-state index is 0.0400. The second-order valence-corrected chi connectivity index (χ2v) is 7.10. The highest BCUT2D eigenvalue weighted by Gasteiger charge is 2.19. The molecule has 2 aromatic heterocycles. The van der Waals surface area contributed by atoms with E-state index in [2.05, 4.69) is 5.32 Å². The molecule has 6 nitrogen and oxygen atoms in total. The van der Waals surface area contributed by atoms with E-state index in [4.69, 9.17) is 25.2 Å². The summed E-state index contributed by atoms with van der Waals surface area (Å²) in [6, 6.07) is 15.9. The van der Waals surface area contributed by atoms with Crippen LogP contribution in [0.2, 0.25) is 5.02 Å². The quantitative estimate of drug-likeness (QED) is 0.485. The van der Waals surface area contributed by atoms with E-state index >= 15 is 0 Å².